The molecule has 0 unspecified atom stereocenters. The van der Waals surface area contributed by atoms with Crippen LogP contribution in [0, 0.1) is 0 Å². The molecule has 0 fully saturated rings. The Morgan fingerprint density at radius 1 is 1.46 bits per heavy atom. The summed E-state index contributed by atoms with van der Waals surface area (Å²) in [4.78, 5) is 5.90. The fraction of sp³-hybridized carbons (Fsp3) is 0.625. The number of aryl methyl sites for hydroxylation is 1. The lowest BCUT2D eigenvalue weighted by Crippen LogP contribution is -2.05. The van der Waals surface area contributed by atoms with E-state index in [1.54, 1.807) is 0 Å². The fourth-order valence-corrected chi connectivity index (χ4v) is 0.978. The van der Waals surface area contributed by atoms with Gasteiger partial charge in [-0.25, -0.2) is 4.98 Å². The molecule has 0 aliphatic carbocycles. The summed E-state index contributed by atoms with van der Waals surface area (Å²) < 4.78 is 36.2. The predicted molar refractivity (Wildman–Crippen MR) is 42.2 cm³/mol. The summed E-state index contributed by atoms with van der Waals surface area (Å²) >= 11 is 0. The second-order valence-electron chi connectivity index (χ2n) is 2.84. The molecule has 0 atom stereocenters. The van der Waals surface area contributed by atoms with Crippen LogP contribution in [0.3, 0.4) is 0 Å². The molecule has 74 valence electrons. The number of H-pyrrole nitrogens is 1. The Balaban J connectivity index is 2.64. The van der Waals surface area contributed by atoms with Crippen molar-refractivity contribution in [2.75, 3.05) is 0 Å². The van der Waals surface area contributed by atoms with Gasteiger partial charge in [0.05, 0.1) is 6.20 Å². The highest BCUT2D eigenvalue weighted by Crippen LogP contribution is 2.27. The van der Waals surface area contributed by atoms with Crippen LogP contribution in [-0.2, 0) is 12.6 Å². The van der Waals surface area contributed by atoms with Gasteiger partial charge in [0.1, 0.15) is 11.5 Å². The van der Waals surface area contributed by atoms with Gasteiger partial charge in [0.15, 0.2) is 0 Å². The molecule has 1 rings (SSSR count). The summed E-state index contributed by atoms with van der Waals surface area (Å²) in [7, 11) is 0. The number of halogens is 3. The number of hydrogen-bond acceptors (Lipinski definition) is 1. The molecule has 1 aromatic heterocycles. The second kappa shape index (κ2) is 3.81. The van der Waals surface area contributed by atoms with Crippen LogP contribution in [0.2, 0.25) is 0 Å². The maximum absolute atomic E-state index is 12.1. The van der Waals surface area contributed by atoms with E-state index in [4.69, 9.17) is 0 Å². The first-order valence-corrected chi connectivity index (χ1v) is 4.15. The minimum absolute atomic E-state index is 0.411. The minimum atomic E-state index is -4.31. The van der Waals surface area contributed by atoms with E-state index in [-0.39, 0.29) is 0 Å². The topological polar surface area (TPSA) is 28.7 Å². The molecule has 1 N–H and O–H groups in total. The van der Waals surface area contributed by atoms with Crippen LogP contribution in [0.4, 0.5) is 13.2 Å². The van der Waals surface area contributed by atoms with E-state index in [0.29, 0.717) is 12.2 Å². The lowest BCUT2D eigenvalue weighted by Gasteiger charge is -2.00. The smallest absolute Gasteiger partial charge is 0.338 e. The number of hydrogen-bond donors (Lipinski definition) is 1. The maximum Gasteiger partial charge on any atom is 0.432 e. The monoisotopic (exact) mass is 192 g/mol. The largest absolute Gasteiger partial charge is 0.432 e. The van der Waals surface area contributed by atoms with Gasteiger partial charge in [-0.1, -0.05) is 13.3 Å². The van der Waals surface area contributed by atoms with Crippen molar-refractivity contribution in [1.29, 1.82) is 0 Å². The first-order chi connectivity index (χ1) is 6.04. The van der Waals surface area contributed by atoms with E-state index in [1.807, 2.05) is 6.92 Å². The maximum atomic E-state index is 12.1. The predicted octanol–water partition coefficient (Wildman–Crippen LogP) is 2.77. The third-order valence-corrected chi connectivity index (χ3v) is 1.70. The summed E-state index contributed by atoms with van der Waals surface area (Å²) in [6, 6.07) is 0. The summed E-state index contributed by atoms with van der Waals surface area (Å²) in [6.45, 7) is 1.98. The molecular weight excluding hydrogens is 181 g/mol. The van der Waals surface area contributed by atoms with Gasteiger partial charge in [0.2, 0.25) is 0 Å². The van der Waals surface area contributed by atoms with Gasteiger partial charge in [-0.15, -0.1) is 0 Å². The third kappa shape index (κ3) is 2.75. The Bertz CT molecular complexity index is 265. The molecule has 0 bridgehead atoms. The van der Waals surface area contributed by atoms with Crippen molar-refractivity contribution < 1.29 is 13.2 Å². The number of aromatic amines is 1. The lowest BCUT2D eigenvalue weighted by atomic mass is 10.2. The van der Waals surface area contributed by atoms with E-state index in [1.165, 1.54) is 0 Å². The lowest BCUT2D eigenvalue weighted by molar-refractivity contribution is -0.140. The molecular formula is C8H11F3N2. The van der Waals surface area contributed by atoms with Crippen molar-refractivity contribution >= 4 is 0 Å². The van der Waals surface area contributed by atoms with Crippen LogP contribution in [0.25, 0.3) is 0 Å². The molecule has 0 radical (unpaired) electrons. The number of nitrogens with zero attached hydrogens (tertiary/aromatic N) is 1. The Hall–Kier alpha value is -1.00. The van der Waals surface area contributed by atoms with E-state index in [9.17, 15) is 13.2 Å². The normalized spacial score (nSPS) is 12.0. The highest BCUT2D eigenvalue weighted by Gasteiger charge is 2.32. The van der Waals surface area contributed by atoms with Gasteiger partial charge in [0, 0.05) is 6.42 Å². The average molecular weight is 192 g/mol. The SMILES string of the molecule is CCCCc1ncc(C(F)(F)F)[nH]1. The summed E-state index contributed by atoms with van der Waals surface area (Å²) in [5.41, 5.74) is -0.765. The molecule has 0 aliphatic rings. The number of aromatic nitrogens is 2. The highest BCUT2D eigenvalue weighted by atomic mass is 19.4. The average Bonchev–Trinajstić information content (AvgIpc) is 2.47. The van der Waals surface area contributed by atoms with E-state index in [0.717, 1.165) is 19.0 Å². The van der Waals surface area contributed by atoms with Crippen molar-refractivity contribution in [3.8, 4) is 0 Å². The van der Waals surface area contributed by atoms with Crippen molar-refractivity contribution in [1.82, 2.24) is 9.97 Å². The van der Waals surface area contributed by atoms with Gasteiger partial charge in [-0.05, 0) is 6.42 Å². The number of alkyl halides is 3. The zero-order chi connectivity index (χ0) is 9.90. The van der Waals surface area contributed by atoms with Gasteiger partial charge >= 0.3 is 6.18 Å². The Morgan fingerprint density at radius 3 is 2.62 bits per heavy atom. The first-order valence-electron chi connectivity index (χ1n) is 4.15. The number of rotatable bonds is 3. The Labute approximate surface area is 74.2 Å². The van der Waals surface area contributed by atoms with Gasteiger partial charge in [-0.3, -0.25) is 0 Å². The van der Waals surface area contributed by atoms with Gasteiger partial charge in [0.25, 0.3) is 0 Å². The van der Waals surface area contributed by atoms with Crippen molar-refractivity contribution in [3.05, 3.63) is 17.7 Å². The van der Waals surface area contributed by atoms with Crippen molar-refractivity contribution in [3.63, 3.8) is 0 Å². The molecule has 1 heterocycles. The molecule has 13 heavy (non-hydrogen) atoms. The molecule has 0 spiro atoms. The zero-order valence-electron chi connectivity index (χ0n) is 7.28. The fourth-order valence-electron chi connectivity index (χ4n) is 0.978. The number of nitrogens with one attached hydrogen (secondary N) is 1. The van der Waals surface area contributed by atoms with Crippen LogP contribution in [0.15, 0.2) is 6.20 Å². The Kier molecular flexibility index (Phi) is 2.95. The zero-order valence-corrected chi connectivity index (χ0v) is 7.28. The summed E-state index contributed by atoms with van der Waals surface area (Å²) in [5.74, 6) is 0.411. The van der Waals surface area contributed by atoms with Crippen molar-refractivity contribution in [2.45, 2.75) is 32.4 Å². The standard InChI is InChI=1S/C8H11F3N2/c1-2-3-4-7-12-5-6(13-7)8(9,10)11/h5H,2-4H2,1H3,(H,12,13). The van der Waals surface area contributed by atoms with Crippen LogP contribution in [0.5, 0.6) is 0 Å². The minimum Gasteiger partial charge on any atom is -0.338 e. The van der Waals surface area contributed by atoms with Gasteiger partial charge in [-0.2, -0.15) is 13.2 Å². The summed E-state index contributed by atoms with van der Waals surface area (Å²) in [6.07, 6.45) is -1.10. The van der Waals surface area contributed by atoms with E-state index in [2.05, 4.69) is 9.97 Å². The molecule has 0 saturated carbocycles. The molecule has 0 amide bonds. The second-order valence-corrected chi connectivity index (χ2v) is 2.84. The van der Waals surface area contributed by atoms with Crippen LogP contribution in [-0.4, -0.2) is 9.97 Å². The quantitative estimate of drug-likeness (QED) is 0.783. The van der Waals surface area contributed by atoms with Crippen LogP contribution >= 0.6 is 0 Å². The van der Waals surface area contributed by atoms with E-state index >= 15 is 0 Å². The Morgan fingerprint density at radius 2 is 2.15 bits per heavy atom. The molecule has 0 aromatic carbocycles. The molecule has 0 saturated heterocycles. The van der Waals surface area contributed by atoms with Crippen LogP contribution < -0.4 is 0 Å². The first kappa shape index (κ1) is 10.1. The molecule has 0 aliphatic heterocycles. The summed E-state index contributed by atoms with van der Waals surface area (Å²) in [5, 5.41) is 0. The highest BCUT2D eigenvalue weighted by molar-refractivity contribution is 5.04. The van der Waals surface area contributed by atoms with Gasteiger partial charge < -0.3 is 4.98 Å². The molecule has 1 aromatic rings. The number of imidazole rings is 1. The van der Waals surface area contributed by atoms with Crippen molar-refractivity contribution in [2.24, 2.45) is 0 Å². The van der Waals surface area contributed by atoms with Crippen LogP contribution in [0.1, 0.15) is 31.3 Å². The van der Waals surface area contributed by atoms with E-state index < -0.39 is 11.9 Å². The molecule has 5 heteroatoms. The number of unbranched alkanes of at least 4 members (excludes halogenated alkanes) is 1. The molecule has 2 nitrogen and oxygen atoms in total. The third-order valence-electron chi connectivity index (χ3n) is 1.70.